The van der Waals surface area contributed by atoms with Crippen LogP contribution in [0.2, 0.25) is 5.21 Å². The van der Waals surface area contributed by atoms with Crippen LogP contribution < -0.4 is 0 Å². The molecule has 0 aliphatic carbocycles. The first-order valence-electron chi connectivity index (χ1n) is 3.35. The molecule has 2 radical (unpaired) electrons. The Balaban J connectivity index is 3.89. The van der Waals surface area contributed by atoms with Crippen LogP contribution in [0.15, 0.2) is 0 Å². The van der Waals surface area contributed by atoms with E-state index < -0.39 is 10.7 Å². The highest BCUT2D eigenvalue weighted by Crippen LogP contribution is 2.23. The van der Waals surface area contributed by atoms with Crippen molar-refractivity contribution in [3.05, 3.63) is 0 Å². The molecule has 0 bridgehead atoms. The van der Waals surface area contributed by atoms with Crippen molar-refractivity contribution in [1.29, 1.82) is 0 Å². The predicted octanol–water partition coefficient (Wildman–Crippen LogP) is 0.186. The van der Waals surface area contributed by atoms with Gasteiger partial charge < -0.3 is 10.1 Å². The first-order chi connectivity index (χ1) is 4.27. The lowest BCUT2D eigenvalue weighted by atomic mass is 9.36. The molecule has 0 aromatic heterocycles. The van der Waals surface area contributed by atoms with E-state index in [9.17, 15) is 5.11 Å². The fourth-order valence-corrected chi connectivity index (χ4v) is 0.948. The third-order valence-corrected chi connectivity index (χ3v) is 1.06. The second-order valence-corrected chi connectivity index (χ2v) is 3.75. The van der Waals surface area contributed by atoms with Gasteiger partial charge in [-0.05, 0) is 13.8 Å². The second-order valence-electron chi connectivity index (χ2n) is 3.75. The summed E-state index contributed by atoms with van der Waals surface area (Å²) in [6.45, 7) is 7.01. The molecule has 0 aromatic carbocycles. The lowest BCUT2D eigenvalue weighted by Crippen LogP contribution is -2.37. The van der Waals surface area contributed by atoms with Crippen LogP contribution in [0, 0.1) is 0 Å². The Bertz CT molecular complexity index is 107. The average molecular weight is 140 g/mol. The zero-order chi connectivity index (χ0) is 8.41. The Morgan fingerprint density at radius 3 is 1.60 bits per heavy atom. The lowest BCUT2D eigenvalue weighted by Gasteiger charge is -2.26. The van der Waals surface area contributed by atoms with Crippen LogP contribution in [-0.4, -0.2) is 30.4 Å². The van der Waals surface area contributed by atoms with Crippen LogP contribution in [0.25, 0.3) is 0 Å². The molecule has 0 rings (SSSR count). The van der Waals surface area contributed by atoms with Crippen LogP contribution in [0.1, 0.15) is 27.7 Å². The number of rotatable bonds is 3. The van der Waals surface area contributed by atoms with Crippen molar-refractivity contribution in [2.75, 3.05) is 0 Å². The molecule has 2 nitrogen and oxygen atoms in total. The minimum atomic E-state index is -0.831. The minimum absolute atomic E-state index is 0.418. The zero-order valence-electron chi connectivity index (χ0n) is 7.05. The van der Waals surface area contributed by atoms with Crippen LogP contribution >= 0.6 is 0 Å². The molecule has 2 N–H and O–H groups in total. The fourth-order valence-electron chi connectivity index (χ4n) is 0.948. The quantitative estimate of drug-likeness (QED) is 0.549. The Labute approximate surface area is 64.2 Å². The van der Waals surface area contributed by atoms with E-state index in [1.54, 1.807) is 21.1 Å². The zero-order valence-corrected chi connectivity index (χ0v) is 7.05. The van der Waals surface area contributed by atoms with Gasteiger partial charge in [0, 0.05) is 5.50 Å². The van der Waals surface area contributed by atoms with Crippen molar-refractivity contribution in [1.82, 2.24) is 0 Å². The largest absolute Gasteiger partial charge is 0.454 e. The molecule has 56 valence electrons. The van der Waals surface area contributed by atoms with Crippen LogP contribution in [0.4, 0.5) is 0 Å². The molecule has 0 spiro atoms. The molecular weight excluding hydrogens is 126 g/mol. The molecule has 10 heavy (non-hydrogen) atoms. The monoisotopic (exact) mass is 140 g/mol. The molecule has 4 heteroatoms. The van der Waals surface area contributed by atoms with Crippen molar-refractivity contribution in [2.45, 2.75) is 38.4 Å². The van der Waals surface area contributed by atoms with Crippen molar-refractivity contribution in [3.8, 4) is 0 Å². The summed E-state index contributed by atoms with van der Waals surface area (Å²) in [6, 6.07) is 0. The summed E-state index contributed by atoms with van der Waals surface area (Å²) in [7, 11) is 2.75. The smallest absolute Gasteiger partial charge is 0.285 e. The van der Waals surface area contributed by atoms with Gasteiger partial charge in [0.2, 0.25) is 0 Å². The van der Waals surface area contributed by atoms with E-state index in [2.05, 4.69) is 0 Å². The molecule has 0 aliphatic heterocycles. The normalized spacial score (nSPS) is 13.0. The highest BCUT2D eigenvalue weighted by atomic mass is 16.3. The van der Waals surface area contributed by atoms with Gasteiger partial charge in [-0.1, -0.05) is 19.1 Å². The van der Waals surface area contributed by atoms with E-state index in [0.29, 0.717) is 0 Å². The van der Waals surface area contributed by atoms with E-state index in [1.165, 1.54) is 0 Å². The van der Waals surface area contributed by atoms with Gasteiger partial charge in [-0.2, -0.15) is 0 Å². The SMILES string of the molecule is CC(C)(O)[B]C(C)(C)[B]O. The highest BCUT2D eigenvalue weighted by molar-refractivity contribution is 6.59. The summed E-state index contributed by atoms with van der Waals surface area (Å²) in [6.07, 6.45) is 0. The number of hydrogen-bond donors (Lipinski definition) is 2. The molecule has 0 fully saturated rings. The van der Waals surface area contributed by atoms with Crippen molar-refractivity contribution in [3.63, 3.8) is 0 Å². The predicted molar refractivity (Wildman–Crippen MR) is 44.1 cm³/mol. The Kier molecular flexibility index (Phi) is 2.99. The lowest BCUT2D eigenvalue weighted by molar-refractivity contribution is 0.163. The standard InChI is InChI=1S/C6H14B2O2/c1-5(2,8-10)7-6(3,4)9/h9-10H,1-4H3. The summed E-state index contributed by atoms with van der Waals surface area (Å²) < 4.78 is 0. The van der Waals surface area contributed by atoms with Crippen LogP contribution in [0.5, 0.6) is 0 Å². The van der Waals surface area contributed by atoms with Gasteiger partial charge in [0.05, 0.1) is 0 Å². The Morgan fingerprint density at radius 2 is 1.50 bits per heavy atom. The van der Waals surface area contributed by atoms with E-state index in [4.69, 9.17) is 5.02 Å². The highest BCUT2D eigenvalue weighted by Gasteiger charge is 2.28. The molecular formula is C6H14B2O2. The van der Waals surface area contributed by atoms with Crippen molar-refractivity contribution in [2.24, 2.45) is 0 Å². The number of aliphatic hydroxyl groups is 1. The van der Waals surface area contributed by atoms with Gasteiger partial charge in [-0.25, -0.2) is 0 Å². The topological polar surface area (TPSA) is 40.5 Å². The Morgan fingerprint density at radius 1 is 1.10 bits per heavy atom. The second kappa shape index (κ2) is 2.97. The molecule has 0 aromatic rings. The van der Waals surface area contributed by atoms with E-state index >= 15 is 0 Å². The Hall–Kier alpha value is 0.0499. The maximum Gasteiger partial charge on any atom is 0.285 e. The maximum atomic E-state index is 9.30. The van der Waals surface area contributed by atoms with Crippen LogP contribution in [0.3, 0.4) is 0 Å². The van der Waals surface area contributed by atoms with E-state index in [0.717, 1.165) is 7.48 Å². The third-order valence-electron chi connectivity index (χ3n) is 1.06. The average Bonchev–Trinajstić information content (AvgIpc) is 1.60. The summed E-state index contributed by atoms with van der Waals surface area (Å²) in [5, 5.41) is 17.6. The van der Waals surface area contributed by atoms with Gasteiger partial charge in [-0.15, -0.1) is 0 Å². The molecule has 0 saturated carbocycles. The minimum Gasteiger partial charge on any atom is -0.454 e. The summed E-state index contributed by atoms with van der Waals surface area (Å²) in [4.78, 5) is 0. The molecule has 0 unspecified atom stereocenters. The molecule has 0 amide bonds. The van der Waals surface area contributed by atoms with Gasteiger partial charge in [0.25, 0.3) is 7.48 Å². The molecule has 0 atom stereocenters. The third kappa shape index (κ3) is 4.89. The summed E-state index contributed by atoms with van der Waals surface area (Å²) in [5.74, 6) is 0. The van der Waals surface area contributed by atoms with Crippen molar-refractivity contribution < 1.29 is 10.1 Å². The van der Waals surface area contributed by atoms with Crippen molar-refractivity contribution >= 4 is 14.8 Å². The summed E-state index contributed by atoms with van der Waals surface area (Å²) in [5.41, 5.74) is -0.831. The number of hydrogen-bond acceptors (Lipinski definition) is 2. The van der Waals surface area contributed by atoms with Gasteiger partial charge in [-0.3, -0.25) is 0 Å². The van der Waals surface area contributed by atoms with E-state index in [-0.39, 0.29) is 0 Å². The van der Waals surface area contributed by atoms with Gasteiger partial charge >= 0.3 is 0 Å². The maximum absolute atomic E-state index is 9.30. The molecule has 0 saturated heterocycles. The first kappa shape index (κ1) is 10.0. The van der Waals surface area contributed by atoms with Gasteiger partial charge in [0.15, 0.2) is 7.28 Å². The summed E-state index contributed by atoms with van der Waals surface area (Å²) >= 11 is 0. The van der Waals surface area contributed by atoms with Crippen LogP contribution in [-0.2, 0) is 0 Å². The molecule has 0 heterocycles. The van der Waals surface area contributed by atoms with E-state index in [1.807, 2.05) is 13.8 Å². The molecule has 0 aliphatic rings. The van der Waals surface area contributed by atoms with Gasteiger partial charge in [0.1, 0.15) is 0 Å². The first-order valence-corrected chi connectivity index (χ1v) is 3.35. The fraction of sp³-hybridized carbons (Fsp3) is 1.00.